The minimum absolute atomic E-state index is 0.0761. The fraction of sp³-hybridized carbons (Fsp3) is 0.111. The number of carbonyl (C=O) groups is 1. The van der Waals surface area contributed by atoms with Gasteiger partial charge in [-0.05, 0) is 18.3 Å². The van der Waals surface area contributed by atoms with Crippen molar-refractivity contribution in [3.05, 3.63) is 29.8 Å². The van der Waals surface area contributed by atoms with E-state index in [1.807, 2.05) is 6.07 Å². The summed E-state index contributed by atoms with van der Waals surface area (Å²) in [4.78, 5) is 11.4. The third-order valence-corrected chi connectivity index (χ3v) is 2.12. The van der Waals surface area contributed by atoms with Crippen molar-refractivity contribution in [3.8, 4) is 5.75 Å². The van der Waals surface area contributed by atoms with E-state index in [2.05, 4.69) is 23.1 Å². The van der Waals surface area contributed by atoms with Gasteiger partial charge in [0.1, 0.15) is 5.75 Å². The van der Waals surface area contributed by atoms with E-state index >= 15 is 0 Å². The number of carbonyl (C=O) groups excluding carboxylic acids is 1. The van der Waals surface area contributed by atoms with E-state index in [9.17, 15) is 4.79 Å². The molecule has 5 nitrogen and oxygen atoms in total. The van der Waals surface area contributed by atoms with Crippen molar-refractivity contribution in [1.82, 2.24) is 10.9 Å². The van der Waals surface area contributed by atoms with Crippen molar-refractivity contribution >= 4 is 23.3 Å². The number of esters is 1. The zero-order valence-corrected chi connectivity index (χ0v) is 8.51. The maximum Gasteiger partial charge on any atom is 0.335 e. The Morgan fingerprint density at radius 1 is 1.47 bits per heavy atom. The summed E-state index contributed by atoms with van der Waals surface area (Å²) >= 11 is 4.62. The summed E-state index contributed by atoms with van der Waals surface area (Å²) in [5.41, 5.74) is 11.2. The van der Waals surface area contributed by atoms with Gasteiger partial charge in [0, 0.05) is 5.56 Å². The van der Waals surface area contributed by atoms with Gasteiger partial charge in [0.15, 0.2) is 11.2 Å². The number of thiocarbonyl (C=S) groups is 1. The lowest BCUT2D eigenvalue weighted by Crippen LogP contribution is -2.44. The predicted molar refractivity (Wildman–Crippen MR) is 57.9 cm³/mol. The summed E-state index contributed by atoms with van der Waals surface area (Å²) in [6.07, 6.45) is 0. The quantitative estimate of drug-likeness (QED) is 0.283. The lowest BCUT2D eigenvalue weighted by Gasteiger charge is -2.10. The molecule has 0 fully saturated rings. The van der Waals surface area contributed by atoms with Gasteiger partial charge < -0.3 is 10.5 Å². The molecule has 6 heteroatoms. The van der Waals surface area contributed by atoms with Gasteiger partial charge in [-0.2, -0.15) is 0 Å². The molecule has 1 heterocycles. The highest BCUT2D eigenvalue weighted by Gasteiger charge is 2.32. The topological polar surface area (TPSA) is 76.4 Å². The van der Waals surface area contributed by atoms with E-state index in [0.717, 1.165) is 5.56 Å². The van der Waals surface area contributed by atoms with Crippen LogP contribution in [0.25, 0.3) is 0 Å². The van der Waals surface area contributed by atoms with E-state index in [1.54, 1.807) is 18.2 Å². The number of hydrogen-bond donors (Lipinski definition) is 3. The molecule has 1 aromatic rings. The van der Waals surface area contributed by atoms with Crippen LogP contribution in [0.5, 0.6) is 5.75 Å². The lowest BCUT2D eigenvalue weighted by atomic mass is 10.1. The molecule has 1 atom stereocenters. The highest BCUT2D eigenvalue weighted by Crippen LogP contribution is 2.32. The van der Waals surface area contributed by atoms with Gasteiger partial charge >= 0.3 is 5.97 Å². The molecular weight excluding hydrogens is 214 g/mol. The minimum atomic E-state index is -0.567. The van der Waals surface area contributed by atoms with Crippen LogP contribution in [0.1, 0.15) is 11.6 Å². The third-order valence-electron chi connectivity index (χ3n) is 2.02. The SMILES string of the molecule is NC(=S)NNC1C(=O)Oc2ccccc21. The second-order valence-corrected chi connectivity index (χ2v) is 3.47. The molecule has 0 spiro atoms. The van der Waals surface area contributed by atoms with Crippen LogP contribution in [-0.4, -0.2) is 11.1 Å². The first-order valence-corrected chi connectivity index (χ1v) is 4.71. The summed E-state index contributed by atoms with van der Waals surface area (Å²) in [6, 6.07) is 6.60. The normalized spacial score (nSPS) is 18.1. The van der Waals surface area contributed by atoms with Crippen molar-refractivity contribution in [2.75, 3.05) is 0 Å². The largest absolute Gasteiger partial charge is 0.425 e. The van der Waals surface area contributed by atoms with Gasteiger partial charge in [0.05, 0.1) is 0 Å². The van der Waals surface area contributed by atoms with Crippen molar-refractivity contribution in [2.24, 2.45) is 5.73 Å². The van der Waals surface area contributed by atoms with E-state index in [1.165, 1.54) is 0 Å². The zero-order valence-electron chi connectivity index (χ0n) is 7.69. The number of hydrogen-bond acceptors (Lipinski definition) is 4. The first kappa shape index (κ1) is 9.88. The number of ether oxygens (including phenoxy) is 1. The fourth-order valence-corrected chi connectivity index (χ4v) is 1.45. The predicted octanol–water partition coefficient (Wildman–Crippen LogP) is -0.0155. The fourth-order valence-electron chi connectivity index (χ4n) is 1.39. The maximum atomic E-state index is 11.4. The molecule has 0 amide bonds. The Bertz CT molecular complexity index is 422. The number of fused-ring (bicyclic) bond motifs is 1. The average molecular weight is 223 g/mol. The molecule has 1 aliphatic heterocycles. The maximum absolute atomic E-state index is 11.4. The van der Waals surface area contributed by atoms with Crippen LogP contribution in [0.4, 0.5) is 0 Å². The zero-order chi connectivity index (χ0) is 10.8. The van der Waals surface area contributed by atoms with Crippen LogP contribution in [0.15, 0.2) is 24.3 Å². The molecule has 0 bridgehead atoms. The molecule has 15 heavy (non-hydrogen) atoms. The summed E-state index contributed by atoms with van der Waals surface area (Å²) in [6.45, 7) is 0. The molecule has 1 aromatic carbocycles. The first-order valence-electron chi connectivity index (χ1n) is 4.30. The smallest absolute Gasteiger partial charge is 0.335 e. The summed E-state index contributed by atoms with van der Waals surface area (Å²) < 4.78 is 5.03. The monoisotopic (exact) mass is 223 g/mol. The highest BCUT2D eigenvalue weighted by molar-refractivity contribution is 7.80. The number of para-hydroxylation sites is 1. The molecule has 1 unspecified atom stereocenters. The Morgan fingerprint density at radius 2 is 2.20 bits per heavy atom. The molecule has 1 aliphatic rings. The van der Waals surface area contributed by atoms with Gasteiger partial charge in [-0.1, -0.05) is 18.2 Å². The van der Waals surface area contributed by atoms with Gasteiger partial charge in [-0.25, -0.2) is 10.2 Å². The Balaban J connectivity index is 2.18. The number of hydrazine groups is 1. The molecular formula is C9H9N3O2S. The molecule has 0 aliphatic carbocycles. The minimum Gasteiger partial charge on any atom is -0.425 e. The molecule has 0 radical (unpaired) electrons. The van der Waals surface area contributed by atoms with Crippen molar-refractivity contribution in [2.45, 2.75) is 6.04 Å². The van der Waals surface area contributed by atoms with Gasteiger partial charge in [-0.3, -0.25) is 5.43 Å². The van der Waals surface area contributed by atoms with Crippen LogP contribution in [0.3, 0.4) is 0 Å². The van der Waals surface area contributed by atoms with Crippen LogP contribution in [0, 0.1) is 0 Å². The second-order valence-electron chi connectivity index (χ2n) is 3.03. The average Bonchev–Trinajstić information content (AvgIpc) is 2.50. The lowest BCUT2D eigenvalue weighted by molar-refractivity contribution is -0.134. The van der Waals surface area contributed by atoms with Gasteiger partial charge in [0.25, 0.3) is 0 Å². The van der Waals surface area contributed by atoms with E-state index in [0.29, 0.717) is 5.75 Å². The van der Waals surface area contributed by atoms with Crippen molar-refractivity contribution in [3.63, 3.8) is 0 Å². The van der Waals surface area contributed by atoms with Crippen LogP contribution < -0.4 is 21.3 Å². The van der Waals surface area contributed by atoms with Crippen molar-refractivity contribution in [1.29, 1.82) is 0 Å². The Kier molecular flexibility index (Phi) is 2.53. The van der Waals surface area contributed by atoms with Crippen LogP contribution in [-0.2, 0) is 4.79 Å². The number of nitrogens with one attached hydrogen (secondary N) is 2. The van der Waals surface area contributed by atoms with E-state index < -0.39 is 6.04 Å². The summed E-state index contributed by atoms with van der Waals surface area (Å²) in [5, 5.41) is 0.0761. The molecule has 0 aromatic heterocycles. The van der Waals surface area contributed by atoms with Gasteiger partial charge in [0.2, 0.25) is 0 Å². The van der Waals surface area contributed by atoms with E-state index in [4.69, 9.17) is 10.5 Å². The summed E-state index contributed by atoms with van der Waals surface area (Å²) in [7, 11) is 0. The van der Waals surface area contributed by atoms with Crippen LogP contribution >= 0.6 is 12.2 Å². The van der Waals surface area contributed by atoms with Gasteiger partial charge in [-0.15, -0.1) is 0 Å². The highest BCUT2D eigenvalue weighted by atomic mass is 32.1. The van der Waals surface area contributed by atoms with Crippen LogP contribution in [0.2, 0.25) is 0 Å². The Labute approximate surface area is 91.6 Å². The first-order chi connectivity index (χ1) is 7.18. The number of benzene rings is 1. The molecule has 2 rings (SSSR count). The van der Waals surface area contributed by atoms with E-state index in [-0.39, 0.29) is 11.1 Å². The Hall–Kier alpha value is -1.66. The molecule has 4 N–H and O–H groups in total. The molecule has 0 saturated carbocycles. The van der Waals surface area contributed by atoms with Crippen molar-refractivity contribution < 1.29 is 9.53 Å². The summed E-state index contributed by atoms with van der Waals surface area (Å²) in [5.74, 6) is 0.185. The molecule has 0 saturated heterocycles. The standard InChI is InChI=1S/C9H9N3O2S/c10-9(15)12-11-7-5-3-1-2-4-6(5)14-8(7)13/h1-4,7,11H,(H3,10,12,15). The molecule has 78 valence electrons. The second kappa shape index (κ2) is 3.84. The number of rotatable bonds is 2. The Morgan fingerprint density at radius 3 is 2.93 bits per heavy atom. The third kappa shape index (κ3) is 1.90. The number of nitrogens with two attached hydrogens (primary N) is 1.